The highest BCUT2D eigenvalue weighted by atomic mass is 19.1. The minimum atomic E-state index is -1.63. The van der Waals surface area contributed by atoms with Crippen LogP contribution in [0, 0.1) is 5.92 Å². The van der Waals surface area contributed by atoms with Gasteiger partial charge in [0, 0.05) is 0 Å². The number of rotatable bonds is 4. The number of carbonyl (C=O) groups excluding carboxylic acids is 2. The highest BCUT2D eigenvalue weighted by Gasteiger charge is 2.56. The molecule has 0 heterocycles. The number of aldehydes is 1. The van der Waals surface area contributed by atoms with E-state index in [2.05, 4.69) is 0 Å². The molecule has 0 radical (unpaired) electrons. The molecule has 0 bridgehead atoms. The number of hydrogen-bond donors (Lipinski definition) is 0. The Bertz CT molecular complexity index is 404. The summed E-state index contributed by atoms with van der Waals surface area (Å²) in [4.78, 5) is 21.8. The molecule has 0 amide bonds. The van der Waals surface area contributed by atoms with E-state index in [-0.39, 0.29) is 13.0 Å². The largest absolute Gasteiger partial charge is 0.459 e. The van der Waals surface area contributed by atoms with Crippen molar-refractivity contribution >= 4 is 12.3 Å². The van der Waals surface area contributed by atoms with E-state index in [1.165, 1.54) is 0 Å². The van der Waals surface area contributed by atoms with Gasteiger partial charge in [0.1, 0.15) is 12.9 Å². The lowest BCUT2D eigenvalue weighted by molar-refractivity contribution is -0.110. The van der Waals surface area contributed by atoms with Gasteiger partial charge >= 0.3 is 5.97 Å². The normalized spacial score (nSPS) is 27.2. The first-order valence-electron chi connectivity index (χ1n) is 5.02. The van der Waals surface area contributed by atoms with E-state index in [4.69, 9.17) is 4.74 Å². The van der Waals surface area contributed by atoms with Crippen LogP contribution in [0.25, 0.3) is 0 Å². The highest BCUT2D eigenvalue weighted by Crippen LogP contribution is 2.45. The summed E-state index contributed by atoms with van der Waals surface area (Å²) in [5, 5.41) is 0. The van der Waals surface area contributed by atoms with Crippen molar-refractivity contribution in [2.45, 2.75) is 12.1 Å². The third-order valence-electron chi connectivity index (χ3n) is 2.68. The first-order valence-corrected chi connectivity index (χ1v) is 5.02. The summed E-state index contributed by atoms with van der Waals surface area (Å²) in [5.74, 6) is -1.18. The van der Waals surface area contributed by atoms with Gasteiger partial charge in [0.2, 0.25) is 0 Å². The second-order valence-electron chi connectivity index (χ2n) is 3.92. The average molecular weight is 222 g/mol. The Morgan fingerprint density at radius 3 is 2.75 bits per heavy atom. The summed E-state index contributed by atoms with van der Waals surface area (Å²) in [6.07, 6.45) is 0.717. The molecule has 1 fully saturated rings. The Hall–Kier alpha value is -1.71. The van der Waals surface area contributed by atoms with Crippen molar-refractivity contribution in [2.75, 3.05) is 6.61 Å². The zero-order valence-corrected chi connectivity index (χ0v) is 8.56. The molecule has 0 aromatic heterocycles. The summed E-state index contributed by atoms with van der Waals surface area (Å²) in [6, 6.07) is 8.37. The monoisotopic (exact) mass is 222 g/mol. The van der Waals surface area contributed by atoms with Gasteiger partial charge < -0.3 is 9.53 Å². The van der Waals surface area contributed by atoms with Crippen LogP contribution in [-0.2, 0) is 9.53 Å². The lowest BCUT2D eigenvalue weighted by atomic mass is 10.2. The van der Waals surface area contributed by atoms with Crippen molar-refractivity contribution in [1.29, 1.82) is 0 Å². The molecule has 16 heavy (non-hydrogen) atoms. The standard InChI is InChI=1S/C12H11FO3/c13-12(6-10(12)7-14)8-16-11(15)9-4-2-1-3-5-9/h1-5,7,10H,6,8H2/t10-,12+/m0/s1. The van der Waals surface area contributed by atoms with E-state index in [9.17, 15) is 14.0 Å². The van der Waals surface area contributed by atoms with E-state index in [0.29, 0.717) is 11.8 Å². The zero-order chi connectivity index (χ0) is 11.6. The Morgan fingerprint density at radius 1 is 1.50 bits per heavy atom. The van der Waals surface area contributed by atoms with Crippen molar-refractivity contribution in [3.05, 3.63) is 35.9 Å². The van der Waals surface area contributed by atoms with Crippen molar-refractivity contribution in [2.24, 2.45) is 5.92 Å². The van der Waals surface area contributed by atoms with Crippen LogP contribution >= 0.6 is 0 Å². The van der Waals surface area contributed by atoms with Gasteiger partial charge in [-0.05, 0) is 18.6 Å². The Kier molecular flexibility index (Phi) is 2.73. The first-order chi connectivity index (χ1) is 7.65. The second kappa shape index (κ2) is 4.04. The van der Waals surface area contributed by atoms with Crippen LogP contribution in [0.4, 0.5) is 4.39 Å². The van der Waals surface area contributed by atoms with Crippen molar-refractivity contribution in [3.63, 3.8) is 0 Å². The third kappa shape index (κ3) is 2.10. The summed E-state index contributed by atoms with van der Waals surface area (Å²) in [6.45, 7) is -0.343. The van der Waals surface area contributed by atoms with Crippen LogP contribution in [0.2, 0.25) is 0 Å². The van der Waals surface area contributed by atoms with Gasteiger partial charge in [-0.1, -0.05) is 18.2 Å². The topological polar surface area (TPSA) is 43.4 Å². The van der Waals surface area contributed by atoms with Gasteiger partial charge in [0.25, 0.3) is 0 Å². The number of carbonyl (C=O) groups is 2. The number of alkyl halides is 1. The fourth-order valence-electron chi connectivity index (χ4n) is 1.49. The molecule has 1 aliphatic carbocycles. The van der Waals surface area contributed by atoms with E-state index >= 15 is 0 Å². The molecule has 0 N–H and O–H groups in total. The molecule has 2 atom stereocenters. The van der Waals surface area contributed by atoms with Gasteiger partial charge in [-0.15, -0.1) is 0 Å². The van der Waals surface area contributed by atoms with Gasteiger partial charge in [-0.3, -0.25) is 0 Å². The Balaban J connectivity index is 1.88. The smallest absolute Gasteiger partial charge is 0.338 e. The van der Waals surface area contributed by atoms with Gasteiger partial charge in [0.15, 0.2) is 5.67 Å². The van der Waals surface area contributed by atoms with Crippen LogP contribution in [0.1, 0.15) is 16.8 Å². The van der Waals surface area contributed by atoms with Crippen LogP contribution in [0.5, 0.6) is 0 Å². The summed E-state index contributed by atoms with van der Waals surface area (Å²) in [5.41, 5.74) is -1.25. The second-order valence-corrected chi connectivity index (χ2v) is 3.92. The molecular formula is C12H11FO3. The minimum Gasteiger partial charge on any atom is -0.459 e. The fraction of sp³-hybridized carbons (Fsp3) is 0.333. The molecule has 1 aromatic carbocycles. The minimum absolute atomic E-state index is 0.151. The number of halogens is 1. The number of benzene rings is 1. The molecule has 0 spiro atoms. The van der Waals surface area contributed by atoms with E-state index in [0.717, 1.165) is 0 Å². The van der Waals surface area contributed by atoms with Crippen LogP contribution in [-0.4, -0.2) is 24.5 Å². The maximum atomic E-state index is 13.5. The van der Waals surface area contributed by atoms with Crippen molar-refractivity contribution < 1.29 is 18.7 Å². The van der Waals surface area contributed by atoms with E-state index in [1.54, 1.807) is 30.3 Å². The molecule has 0 aliphatic heterocycles. The van der Waals surface area contributed by atoms with Crippen LogP contribution in [0.3, 0.4) is 0 Å². The van der Waals surface area contributed by atoms with Crippen molar-refractivity contribution in [3.8, 4) is 0 Å². The molecule has 3 nitrogen and oxygen atoms in total. The lowest BCUT2D eigenvalue weighted by Gasteiger charge is -2.07. The average Bonchev–Trinajstić information content (AvgIpc) is 2.99. The van der Waals surface area contributed by atoms with E-state index in [1.807, 2.05) is 0 Å². The molecule has 1 aromatic rings. The van der Waals surface area contributed by atoms with Gasteiger partial charge in [-0.25, -0.2) is 9.18 Å². The maximum absolute atomic E-state index is 13.5. The van der Waals surface area contributed by atoms with Gasteiger partial charge in [0.05, 0.1) is 11.5 Å². The Labute approximate surface area is 92.2 Å². The molecule has 2 rings (SSSR count). The van der Waals surface area contributed by atoms with Crippen LogP contribution < -0.4 is 0 Å². The molecule has 1 aliphatic rings. The molecule has 1 saturated carbocycles. The van der Waals surface area contributed by atoms with Gasteiger partial charge in [-0.2, -0.15) is 0 Å². The fourth-order valence-corrected chi connectivity index (χ4v) is 1.49. The first kappa shape index (κ1) is 10.8. The quantitative estimate of drug-likeness (QED) is 0.576. The maximum Gasteiger partial charge on any atom is 0.338 e. The SMILES string of the molecule is O=C[C@@H]1C[C@@]1(F)COC(=O)c1ccccc1. The summed E-state index contributed by atoms with van der Waals surface area (Å²) in [7, 11) is 0. The molecule has 84 valence electrons. The van der Waals surface area contributed by atoms with Crippen LogP contribution in [0.15, 0.2) is 30.3 Å². The molecule has 0 unspecified atom stereocenters. The number of ether oxygens (including phenoxy) is 1. The molecular weight excluding hydrogens is 211 g/mol. The van der Waals surface area contributed by atoms with E-state index < -0.39 is 17.6 Å². The van der Waals surface area contributed by atoms with Crippen molar-refractivity contribution in [1.82, 2.24) is 0 Å². The number of hydrogen-bond acceptors (Lipinski definition) is 3. The number of esters is 1. The third-order valence-corrected chi connectivity index (χ3v) is 2.68. The predicted octanol–water partition coefficient (Wildman–Crippen LogP) is 1.77. The predicted molar refractivity (Wildman–Crippen MR) is 54.7 cm³/mol. The highest BCUT2D eigenvalue weighted by molar-refractivity contribution is 5.89. The summed E-state index contributed by atoms with van der Waals surface area (Å²) >= 11 is 0. The lowest BCUT2D eigenvalue weighted by Crippen LogP contribution is -2.18. The summed E-state index contributed by atoms with van der Waals surface area (Å²) < 4.78 is 18.3. The zero-order valence-electron chi connectivity index (χ0n) is 8.56. The molecule has 4 heteroatoms. The molecule has 0 saturated heterocycles. The Morgan fingerprint density at radius 2 is 2.19 bits per heavy atom.